The molecule has 0 radical (unpaired) electrons. The summed E-state index contributed by atoms with van der Waals surface area (Å²) in [5.74, 6) is -0.244. The Morgan fingerprint density at radius 3 is 2.88 bits per heavy atom. The van der Waals surface area contributed by atoms with E-state index >= 15 is 0 Å². The number of rotatable bonds is 4. The Balaban J connectivity index is 2.64. The number of aryl methyl sites for hydroxylation is 1. The Morgan fingerprint density at radius 2 is 2.31 bits per heavy atom. The first-order chi connectivity index (χ1) is 7.46. The molecule has 2 N–H and O–H groups in total. The summed E-state index contributed by atoms with van der Waals surface area (Å²) in [4.78, 5) is 15.8. The van der Waals surface area contributed by atoms with Crippen molar-refractivity contribution in [3.8, 4) is 0 Å². The molecule has 0 saturated carbocycles. The van der Waals surface area contributed by atoms with Gasteiger partial charge in [0.2, 0.25) is 0 Å². The lowest BCUT2D eigenvalue weighted by Gasteiger charge is -2.21. The molecule has 1 rings (SSSR count). The van der Waals surface area contributed by atoms with Crippen LogP contribution in [0.25, 0.3) is 0 Å². The molecule has 0 bridgehead atoms. The van der Waals surface area contributed by atoms with Gasteiger partial charge in [-0.1, -0.05) is 13.0 Å². The van der Waals surface area contributed by atoms with Crippen LogP contribution in [0, 0.1) is 6.92 Å². The van der Waals surface area contributed by atoms with Crippen molar-refractivity contribution in [1.82, 2.24) is 10.3 Å². The SMILES string of the molecule is CCC(C)(O)CNC(=O)c1ncccc1C. The van der Waals surface area contributed by atoms with Gasteiger partial charge in [-0.15, -0.1) is 0 Å². The van der Waals surface area contributed by atoms with Crippen LogP contribution in [-0.4, -0.2) is 28.1 Å². The third-order valence-electron chi connectivity index (χ3n) is 2.62. The minimum absolute atomic E-state index is 0.234. The van der Waals surface area contributed by atoms with E-state index in [-0.39, 0.29) is 12.5 Å². The zero-order valence-electron chi connectivity index (χ0n) is 9.95. The highest BCUT2D eigenvalue weighted by Crippen LogP contribution is 2.07. The van der Waals surface area contributed by atoms with E-state index in [0.717, 1.165) is 5.56 Å². The molecule has 4 nitrogen and oxygen atoms in total. The van der Waals surface area contributed by atoms with Crippen LogP contribution in [0.1, 0.15) is 36.3 Å². The second-order valence-electron chi connectivity index (χ2n) is 4.20. The Kier molecular flexibility index (Phi) is 4.01. The van der Waals surface area contributed by atoms with Crippen LogP contribution >= 0.6 is 0 Å². The summed E-state index contributed by atoms with van der Waals surface area (Å²) in [6, 6.07) is 3.62. The fourth-order valence-corrected chi connectivity index (χ4v) is 1.20. The van der Waals surface area contributed by atoms with E-state index in [1.165, 1.54) is 0 Å². The Bertz CT molecular complexity index is 375. The highest BCUT2D eigenvalue weighted by Gasteiger charge is 2.19. The number of nitrogens with one attached hydrogen (secondary N) is 1. The third kappa shape index (κ3) is 3.31. The molecule has 0 spiro atoms. The number of hydrogen-bond donors (Lipinski definition) is 2. The monoisotopic (exact) mass is 222 g/mol. The van der Waals surface area contributed by atoms with Gasteiger partial charge in [-0.3, -0.25) is 9.78 Å². The molecular formula is C12H18N2O2. The van der Waals surface area contributed by atoms with Gasteiger partial charge in [0, 0.05) is 12.7 Å². The second kappa shape index (κ2) is 5.07. The zero-order valence-corrected chi connectivity index (χ0v) is 9.95. The topological polar surface area (TPSA) is 62.2 Å². The largest absolute Gasteiger partial charge is 0.388 e. The summed E-state index contributed by atoms with van der Waals surface area (Å²) in [7, 11) is 0. The maximum Gasteiger partial charge on any atom is 0.270 e. The molecule has 0 aliphatic rings. The molecule has 16 heavy (non-hydrogen) atoms. The van der Waals surface area contributed by atoms with Crippen molar-refractivity contribution in [1.29, 1.82) is 0 Å². The molecule has 0 aromatic carbocycles. The van der Waals surface area contributed by atoms with Gasteiger partial charge < -0.3 is 10.4 Å². The van der Waals surface area contributed by atoms with Gasteiger partial charge in [-0.05, 0) is 31.9 Å². The summed E-state index contributed by atoms with van der Waals surface area (Å²) in [6.45, 7) is 5.63. The minimum Gasteiger partial charge on any atom is -0.388 e. The van der Waals surface area contributed by atoms with Gasteiger partial charge in [0.25, 0.3) is 5.91 Å². The van der Waals surface area contributed by atoms with Crippen LogP contribution in [0.5, 0.6) is 0 Å². The van der Waals surface area contributed by atoms with Crippen LogP contribution in [-0.2, 0) is 0 Å². The molecule has 0 saturated heterocycles. The van der Waals surface area contributed by atoms with Crippen LogP contribution in [0.2, 0.25) is 0 Å². The Hall–Kier alpha value is -1.42. The number of carbonyl (C=O) groups excluding carboxylic acids is 1. The molecule has 88 valence electrons. The molecule has 1 unspecified atom stereocenters. The van der Waals surface area contributed by atoms with E-state index in [4.69, 9.17) is 0 Å². The van der Waals surface area contributed by atoms with Gasteiger partial charge in [0.05, 0.1) is 5.60 Å². The molecule has 1 heterocycles. The lowest BCUT2D eigenvalue weighted by molar-refractivity contribution is 0.0517. The number of hydrogen-bond acceptors (Lipinski definition) is 3. The summed E-state index contributed by atoms with van der Waals surface area (Å²) in [6.07, 6.45) is 2.17. The average Bonchev–Trinajstić information content (AvgIpc) is 2.27. The zero-order chi connectivity index (χ0) is 12.2. The number of amides is 1. The molecule has 4 heteroatoms. The number of carbonyl (C=O) groups is 1. The maximum absolute atomic E-state index is 11.7. The minimum atomic E-state index is -0.863. The number of aliphatic hydroxyl groups is 1. The highest BCUT2D eigenvalue weighted by atomic mass is 16.3. The maximum atomic E-state index is 11.7. The van der Waals surface area contributed by atoms with Crippen LogP contribution in [0.3, 0.4) is 0 Å². The van der Waals surface area contributed by atoms with Crippen LogP contribution < -0.4 is 5.32 Å². The van der Waals surface area contributed by atoms with Gasteiger partial charge in [0.15, 0.2) is 0 Å². The third-order valence-corrected chi connectivity index (χ3v) is 2.62. The van der Waals surface area contributed by atoms with Crippen molar-refractivity contribution in [2.24, 2.45) is 0 Å². The molecule has 0 aliphatic heterocycles. The van der Waals surface area contributed by atoms with Crippen LogP contribution in [0.15, 0.2) is 18.3 Å². The van der Waals surface area contributed by atoms with E-state index in [9.17, 15) is 9.90 Å². The molecule has 0 fully saturated rings. The second-order valence-corrected chi connectivity index (χ2v) is 4.20. The van der Waals surface area contributed by atoms with Crippen molar-refractivity contribution in [2.75, 3.05) is 6.54 Å². The number of nitrogens with zero attached hydrogens (tertiary/aromatic N) is 1. The van der Waals surface area contributed by atoms with Gasteiger partial charge in [0.1, 0.15) is 5.69 Å². The average molecular weight is 222 g/mol. The fraction of sp³-hybridized carbons (Fsp3) is 0.500. The van der Waals surface area contributed by atoms with Crippen molar-refractivity contribution in [3.63, 3.8) is 0 Å². The highest BCUT2D eigenvalue weighted by molar-refractivity contribution is 5.93. The van der Waals surface area contributed by atoms with E-state index in [1.54, 1.807) is 19.2 Å². The van der Waals surface area contributed by atoms with Gasteiger partial charge in [-0.25, -0.2) is 0 Å². The van der Waals surface area contributed by atoms with Crippen molar-refractivity contribution in [3.05, 3.63) is 29.6 Å². The Labute approximate surface area is 95.7 Å². The van der Waals surface area contributed by atoms with Crippen molar-refractivity contribution in [2.45, 2.75) is 32.8 Å². The molecule has 1 aromatic rings. The molecule has 1 aromatic heterocycles. The normalized spacial score (nSPS) is 14.2. The van der Waals surface area contributed by atoms with E-state index in [1.807, 2.05) is 19.9 Å². The molecular weight excluding hydrogens is 204 g/mol. The first-order valence-corrected chi connectivity index (χ1v) is 5.38. The fourth-order valence-electron chi connectivity index (χ4n) is 1.20. The van der Waals surface area contributed by atoms with Gasteiger partial charge >= 0.3 is 0 Å². The smallest absolute Gasteiger partial charge is 0.270 e. The Morgan fingerprint density at radius 1 is 1.62 bits per heavy atom. The summed E-state index contributed by atoms with van der Waals surface area (Å²) < 4.78 is 0. The predicted octanol–water partition coefficient (Wildman–Crippen LogP) is 1.28. The lowest BCUT2D eigenvalue weighted by Crippen LogP contribution is -2.40. The molecule has 1 atom stereocenters. The summed E-state index contributed by atoms with van der Waals surface area (Å²) in [5.41, 5.74) is 0.378. The first-order valence-electron chi connectivity index (χ1n) is 5.38. The summed E-state index contributed by atoms with van der Waals surface area (Å²) in [5, 5.41) is 12.4. The van der Waals surface area contributed by atoms with Crippen molar-refractivity contribution >= 4 is 5.91 Å². The number of aromatic nitrogens is 1. The van der Waals surface area contributed by atoms with Crippen molar-refractivity contribution < 1.29 is 9.90 Å². The van der Waals surface area contributed by atoms with E-state index in [0.29, 0.717) is 12.1 Å². The molecule has 1 amide bonds. The molecule has 0 aliphatic carbocycles. The summed E-state index contributed by atoms with van der Waals surface area (Å²) >= 11 is 0. The lowest BCUT2D eigenvalue weighted by atomic mass is 10.0. The van der Waals surface area contributed by atoms with Crippen LogP contribution in [0.4, 0.5) is 0 Å². The quantitative estimate of drug-likeness (QED) is 0.806. The van der Waals surface area contributed by atoms with E-state index in [2.05, 4.69) is 10.3 Å². The predicted molar refractivity (Wildman–Crippen MR) is 62.2 cm³/mol. The first kappa shape index (κ1) is 12.6. The van der Waals surface area contributed by atoms with E-state index < -0.39 is 5.60 Å². The number of pyridine rings is 1. The van der Waals surface area contributed by atoms with Gasteiger partial charge in [-0.2, -0.15) is 0 Å². The standard InChI is InChI=1S/C12H18N2O2/c1-4-12(3,16)8-14-11(15)10-9(2)6-5-7-13-10/h5-7,16H,4,8H2,1-3H3,(H,14,15).